The Bertz CT molecular complexity index is 713. The molecule has 0 unspecified atom stereocenters. The average Bonchev–Trinajstić information content (AvgIpc) is 3.13. The van der Waals surface area contributed by atoms with Gasteiger partial charge in [-0.1, -0.05) is 41.9 Å². The van der Waals surface area contributed by atoms with Crippen LogP contribution in [0.15, 0.2) is 59.5 Å². The summed E-state index contributed by atoms with van der Waals surface area (Å²) >= 11 is 5.85. The van der Waals surface area contributed by atoms with Crippen molar-refractivity contribution in [2.45, 2.75) is 22.1 Å². The van der Waals surface area contributed by atoms with Crippen molar-refractivity contribution < 1.29 is 8.42 Å². The fraction of sp³-hybridized carbons (Fsp3) is 0.200. The third-order valence-corrected chi connectivity index (χ3v) is 6.20. The van der Waals surface area contributed by atoms with Gasteiger partial charge in [0, 0.05) is 17.0 Å². The summed E-state index contributed by atoms with van der Waals surface area (Å²) in [5.74, 6) is -0.155. The van der Waals surface area contributed by atoms with E-state index in [4.69, 9.17) is 17.3 Å². The van der Waals surface area contributed by atoms with E-state index < -0.39 is 15.1 Å². The lowest BCUT2D eigenvalue weighted by Crippen LogP contribution is -2.15. The van der Waals surface area contributed by atoms with Crippen molar-refractivity contribution in [1.82, 2.24) is 0 Å². The third-order valence-electron chi connectivity index (χ3n) is 3.69. The first-order valence-electron chi connectivity index (χ1n) is 6.32. The third kappa shape index (κ3) is 2.24. The van der Waals surface area contributed by atoms with Gasteiger partial charge in [0.15, 0.2) is 9.84 Å². The summed E-state index contributed by atoms with van der Waals surface area (Å²) in [5, 5.41) is 0.0801. The van der Waals surface area contributed by atoms with Crippen LogP contribution in [0, 0.1) is 0 Å². The molecule has 1 aliphatic carbocycles. The quantitative estimate of drug-likeness (QED) is 0.948. The Kier molecular flexibility index (Phi) is 3.32. The zero-order valence-electron chi connectivity index (χ0n) is 10.6. The Labute approximate surface area is 123 Å². The maximum atomic E-state index is 12.5. The summed E-state index contributed by atoms with van der Waals surface area (Å²) in [6, 6.07) is 15.3. The monoisotopic (exact) mass is 307 g/mol. The molecule has 104 valence electrons. The second-order valence-electron chi connectivity index (χ2n) is 4.98. The van der Waals surface area contributed by atoms with E-state index >= 15 is 0 Å². The summed E-state index contributed by atoms with van der Waals surface area (Å²) in [7, 11) is -3.38. The Morgan fingerprint density at radius 2 is 1.55 bits per heavy atom. The maximum Gasteiger partial charge on any atom is 0.183 e. The molecule has 0 spiro atoms. The van der Waals surface area contributed by atoms with Crippen LogP contribution in [0.3, 0.4) is 0 Å². The second kappa shape index (κ2) is 4.88. The molecule has 0 heterocycles. The summed E-state index contributed by atoms with van der Waals surface area (Å²) in [6.07, 6.45) is 0. The van der Waals surface area contributed by atoms with E-state index in [1.807, 2.05) is 12.1 Å². The fourth-order valence-electron chi connectivity index (χ4n) is 2.57. The Hall–Kier alpha value is -1.36. The van der Waals surface area contributed by atoms with E-state index in [1.54, 1.807) is 42.5 Å². The molecule has 1 aliphatic rings. The van der Waals surface area contributed by atoms with Gasteiger partial charge in [-0.25, -0.2) is 8.42 Å². The van der Waals surface area contributed by atoms with Gasteiger partial charge >= 0.3 is 0 Å². The van der Waals surface area contributed by atoms with Crippen LogP contribution >= 0.6 is 11.6 Å². The first-order valence-corrected chi connectivity index (χ1v) is 8.24. The van der Waals surface area contributed by atoms with Crippen molar-refractivity contribution in [3.8, 4) is 0 Å². The molecular weight excluding hydrogens is 294 g/mol. The van der Waals surface area contributed by atoms with E-state index in [0.717, 1.165) is 5.56 Å². The number of halogens is 1. The minimum absolute atomic E-state index is 0.155. The van der Waals surface area contributed by atoms with Crippen LogP contribution in [0.25, 0.3) is 0 Å². The molecule has 3 nitrogen and oxygen atoms in total. The molecule has 2 aromatic rings. The molecule has 3 atom stereocenters. The van der Waals surface area contributed by atoms with Crippen LogP contribution in [-0.4, -0.2) is 19.7 Å². The predicted octanol–water partition coefficient (Wildman–Crippen LogP) is 2.61. The van der Waals surface area contributed by atoms with Gasteiger partial charge in [-0.15, -0.1) is 0 Å². The number of sulfone groups is 1. The van der Waals surface area contributed by atoms with Crippen molar-refractivity contribution in [2.75, 3.05) is 0 Å². The van der Waals surface area contributed by atoms with Crippen molar-refractivity contribution in [3.05, 3.63) is 65.2 Å². The van der Waals surface area contributed by atoms with Crippen LogP contribution in [0.1, 0.15) is 11.5 Å². The fourth-order valence-corrected chi connectivity index (χ4v) is 4.76. The Balaban J connectivity index is 1.91. The zero-order valence-corrected chi connectivity index (χ0v) is 12.2. The van der Waals surface area contributed by atoms with Gasteiger partial charge in [-0.3, -0.25) is 0 Å². The van der Waals surface area contributed by atoms with Crippen LogP contribution in [0.2, 0.25) is 5.02 Å². The average molecular weight is 308 g/mol. The molecule has 0 radical (unpaired) electrons. The van der Waals surface area contributed by atoms with Crippen molar-refractivity contribution in [1.29, 1.82) is 0 Å². The molecule has 1 saturated carbocycles. The highest BCUT2D eigenvalue weighted by molar-refractivity contribution is 7.92. The smallest absolute Gasteiger partial charge is 0.183 e. The molecule has 2 N–H and O–H groups in total. The molecule has 3 rings (SSSR count). The topological polar surface area (TPSA) is 60.2 Å². The highest BCUT2D eigenvalue weighted by Gasteiger charge is 2.56. The van der Waals surface area contributed by atoms with E-state index in [9.17, 15) is 8.42 Å². The van der Waals surface area contributed by atoms with Gasteiger partial charge in [-0.05, 0) is 29.8 Å². The molecular formula is C15H14ClNO2S. The molecule has 0 bridgehead atoms. The Morgan fingerprint density at radius 3 is 2.15 bits per heavy atom. The molecule has 0 aromatic heterocycles. The highest BCUT2D eigenvalue weighted by Crippen LogP contribution is 2.47. The predicted molar refractivity (Wildman–Crippen MR) is 79.6 cm³/mol. The maximum absolute atomic E-state index is 12.5. The SMILES string of the molecule is N[C@H]1[C@H](c2ccc(Cl)cc2)[C@@H]1S(=O)(=O)c1ccccc1. The lowest BCUT2D eigenvalue weighted by Gasteiger charge is -2.03. The van der Waals surface area contributed by atoms with Gasteiger partial charge < -0.3 is 5.73 Å². The van der Waals surface area contributed by atoms with Gasteiger partial charge in [-0.2, -0.15) is 0 Å². The second-order valence-corrected chi connectivity index (χ2v) is 7.52. The molecule has 20 heavy (non-hydrogen) atoms. The highest BCUT2D eigenvalue weighted by atomic mass is 35.5. The number of nitrogens with two attached hydrogens (primary N) is 1. The van der Waals surface area contributed by atoms with Crippen molar-refractivity contribution in [3.63, 3.8) is 0 Å². The van der Waals surface area contributed by atoms with Crippen molar-refractivity contribution in [2.24, 2.45) is 5.73 Å². The summed E-state index contributed by atoms with van der Waals surface area (Å²) < 4.78 is 25.1. The minimum atomic E-state index is -3.38. The van der Waals surface area contributed by atoms with Crippen LogP contribution < -0.4 is 5.73 Å². The lowest BCUT2D eigenvalue weighted by atomic mass is 10.1. The molecule has 2 aromatic carbocycles. The summed E-state index contributed by atoms with van der Waals surface area (Å²) in [4.78, 5) is 0.330. The molecule has 0 amide bonds. The van der Waals surface area contributed by atoms with Gasteiger partial charge in [0.05, 0.1) is 10.1 Å². The number of hydrogen-bond donors (Lipinski definition) is 1. The number of benzene rings is 2. The first-order chi connectivity index (χ1) is 9.51. The molecule has 0 saturated heterocycles. The van der Waals surface area contributed by atoms with Gasteiger partial charge in [0.1, 0.15) is 0 Å². The first kappa shape index (κ1) is 13.6. The minimum Gasteiger partial charge on any atom is -0.326 e. The van der Waals surface area contributed by atoms with Gasteiger partial charge in [0.25, 0.3) is 0 Å². The summed E-state index contributed by atoms with van der Waals surface area (Å²) in [6.45, 7) is 0. The standard InChI is InChI=1S/C15H14ClNO2S/c16-11-8-6-10(7-9-11)13-14(17)15(13)20(18,19)12-4-2-1-3-5-12/h1-9,13-15H,17H2/t13-,14-,15-/m0/s1. The largest absolute Gasteiger partial charge is 0.326 e. The molecule has 1 fully saturated rings. The van der Waals surface area contributed by atoms with E-state index in [1.165, 1.54) is 0 Å². The van der Waals surface area contributed by atoms with E-state index in [2.05, 4.69) is 0 Å². The lowest BCUT2D eigenvalue weighted by molar-refractivity contribution is 0.593. The normalized spacial score (nSPS) is 25.4. The zero-order chi connectivity index (χ0) is 14.3. The molecule has 0 aliphatic heterocycles. The number of rotatable bonds is 3. The summed E-state index contributed by atoms with van der Waals surface area (Å²) in [5.41, 5.74) is 6.91. The van der Waals surface area contributed by atoms with Crippen LogP contribution in [-0.2, 0) is 9.84 Å². The molecule has 5 heteroatoms. The van der Waals surface area contributed by atoms with E-state index in [-0.39, 0.29) is 12.0 Å². The Morgan fingerprint density at radius 1 is 0.950 bits per heavy atom. The van der Waals surface area contributed by atoms with Crippen molar-refractivity contribution >= 4 is 21.4 Å². The number of hydrogen-bond acceptors (Lipinski definition) is 3. The van der Waals surface area contributed by atoms with Gasteiger partial charge in [0.2, 0.25) is 0 Å². The van der Waals surface area contributed by atoms with E-state index in [0.29, 0.717) is 9.92 Å². The van der Waals surface area contributed by atoms with Crippen LogP contribution in [0.4, 0.5) is 0 Å². The van der Waals surface area contributed by atoms with Crippen LogP contribution in [0.5, 0.6) is 0 Å².